The summed E-state index contributed by atoms with van der Waals surface area (Å²) in [7, 11) is 0. The number of hydrogen-bond acceptors (Lipinski definition) is 4. The lowest BCUT2D eigenvalue weighted by Gasteiger charge is -2.11. The van der Waals surface area contributed by atoms with E-state index in [1.807, 2.05) is 66.7 Å². The van der Waals surface area contributed by atoms with Gasteiger partial charge in [-0.3, -0.25) is 9.59 Å². The maximum Gasteiger partial charge on any atom is 0.339 e. The van der Waals surface area contributed by atoms with Gasteiger partial charge in [0, 0.05) is 19.0 Å². The molecule has 4 aromatic carbocycles. The summed E-state index contributed by atoms with van der Waals surface area (Å²) in [6.07, 6.45) is 0.678. The molecule has 0 atom stereocenters. The van der Waals surface area contributed by atoms with Gasteiger partial charge in [-0.05, 0) is 39.6 Å². The van der Waals surface area contributed by atoms with Crippen molar-refractivity contribution in [2.75, 3.05) is 13.2 Å². The van der Waals surface area contributed by atoms with Crippen LogP contribution in [0.3, 0.4) is 0 Å². The van der Waals surface area contributed by atoms with E-state index in [1.165, 1.54) is 6.92 Å². The second kappa shape index (κ2) is 9.43. The lowest BCUT2D eigenvalue weighted by atomic mass is 9.97. The zero-order valence-electron chi connectivity index (χ0n) is 17.8. The SMILES string of the molecule is CC(=O)NCCc1ccc(C(=O)COC(=O)c2c3ccccc3cc3ccccc23)cc1. The standard InChI is InChI=1S/C27H23NO4/c1-18(29)28-15-14-19-10-12-20(13-11-19)25(30)17-32-27(31)26-23-8-4-2-6-21(23)16-22-7-3-5-9-24(22)26/h2-13,16H,14-15,17H2,1H3,(H,28,29). The molecular weight excluding hydrogens is 402 g/mol. The van der Waals surface area contributed by atoms with Crippen molar-refractivity contribution in [2.45, 2.75) is 13.3 Å². The highest BCUT2D eigenvalue weighted by molar-refractivity contribution is 6.17. The number of amides is 1. The molecule has 0 aliphatic rings. The summed E-state index contributed by atoms with van der Waals surface area (Å²) in [4.78, 5) is 36.6. The molecule has 0 aromatic heterocycles. The molecule has 0 unspecified atom stereocenters. The fourth-order valence-corrected chi connectivity index (χ4v) is 3.76. The Morgan fingerprint density at radius 2 is 1.41 bits per heavy atom. The second-order valence-electron chi connectivity index (χ2n) is 7.62. The Balaban J connectivity index is 1.48. The summed E-state index contributed by atoms with van der Waals surface area (Å²) in [5.41, 5.74) is 1.96. The molecule has 0 saturated heterocycles. The number of ether oxygens (including phenoxy) is 1. The van der Waals surface area contributed by atoms with Gasteiger partial charge in [-0.25, -0.2) is 4.79 Å². The number of esters is 1. The van der Waals surface area contributed by atoms with Crippen molar-refractivity contribution in [2.24, 2.45) is 0 Å². The Morgan fingerprint density at radius 1 is 0.812 bits per heavy atom. The van der Waals surface area contributed by atoms with Gasteiger partial charge in [0.25, 0.3) is 0 Å². The number of Topliss-reactive ketones (excluding diaryl/α,β-unsaturated/α-hetero) is 1. The molecule has 0 aliphatic carbocycles. The molecule has 5 heteroatoms. The summed E-state index contributed by atoms with van der Waals surface area (Å²) >= 11 is 0. The highest BCUT2D eigenvalue weighted by atomic mass is 16.5. The summed E-state index contributed by atoms with van der Waals surface area (Å²) in [6.45, 7) is 1.69. The minimum atomic E-state index is -0.515. The number of benzene rings is 4. The van der Waals surface area contributed by atoms with Gasteiger partial charge in [-0.15, -0.1) is 0 Å². The van der Waals surface area contributed by atoms with Crippen LogP contribution in [0, 0.1) is 0 Å². The molecule has 4 aromatic rings. The monoisotopic (exact) mass is 425 g/mol. The average Bonchev–Trinajstić information content (AvgIpc) is 2.81. The first-order chi connectivity index (χ1) is 15.5. The molecule has 32 heavy (non-hydrogen) atoms. The van der Waals surface area contributed by atoms with E-state index in [-0.39, 0.29) is 18.3 Å². The Morgan fingerprint density at radius 3 is 2.00 bits per heavy atom. The quantitative estimate of drug-likeness (QED) is 0.264. The van der Waals surface area contributed by atoms with Crippen LogP contribution in [0.5, 0.6) is 0 Å². The smallest absolute Gasteiger partial charge is 0.339 e. The summed E-state index contributed by atoms with van der Waals surface area (Å²) in [5.74, 6) is -0.854. The third-order valence-electron chi connectivity index (χ3n) is 5.37. The Hall–Kier alpha value is -3.99. The van der Waals surface area contributed by atoms with E-state index in [0.29, 0.717) is 24.1 Å². The van der Waals surface area contributed by atoms with E-state index in [4.69, 9.17) is 4.74 Å². The van der Waals surface area contributed by atoms with Gasteiger partial charge < -0.3 is 10.1 Å². The number of rotatable bonds is 7. The van der Waals surface area contributed by atoms with Crippen LogP contribution in [0.1, 0.15) is 33.2 Å². The topological polar surface area (TPSA) is 72.5 Å². The van der Waals surface area contributed by atoms with Crippen molar-refractivity contribution in [1.82, 2.24) is 5.32 Å². The van der Waals surface area contributed by atoms with Gasteiger partial charge in [0.1, 0.15) is 0 Å². The van der Waals surface area contributed by atoms with Gasteiger partial charge in [0.05, 0.1) is 5.56 Å². The number of carbonyl (C=O) groups excluding carboxylic acids is 3. The molecule has 4 rings (SSSR count). The largest absolute Gasteiger partial charge is 0.454 e. The highest BCUT2D eigenvalue weighted by Crippen LogP contribution is 2.29. The van der Waals surface area contributed by atoms with Crippen molar-refractivity contribution in [3.05, 3.63) is 95.6 Å². The van der Waals surface area contributed by atoms with E-state index in [0.717, 1.165) is 27.1 Å². The Labute approximate surface area is 186 Å². The fraction of sp³-hybridized carbons (Fsp3) is 0.148. The fourth-order valence-electron chi connectivity index (χ4n) is 3.76. The van der Waals surface area contributed by atoms with E-state index in [9.17, 15) is 14.4 Å². The van der Waals surface area contributed by atoms with Gasteiger partial charge in [0.2, 0.25) is 5.91 Å². The molecule has 0 aliphatic heterocycles. The predicted octanol–water partition coefficient (Wildman–Crippen LogP) is 4.71. The molecule has 0 heterocycles. The molecule has 160 valence electrons. The number of carbonyl (C=O) groups is 3. The van der Waals surface area contributed by atoms with Gasteiger partial charge >= 0.3 is 5.97 Å². The van der Waals surface area contributed by atoms with Crippen LogP contribution in [0.15, 0.2) is 78.9 Å². The van der Waals surface area contributed by atoms with Crippen LogP contribution in [0.2, 0.25) is 0 Å². The maximum absolute atomic E-state index is 13.0. The number of fused-ring (bicyclic) bond motifs is 2. The van der Waals surface area contributed by atoms with E-state index in [1.54, 1.807) is 12.1 Å². The van der Waals surface area contributed by atoms with Gasteiger partial charge in [-0.1, -0.05) is 72.8 Å². The van der Waals surface area contributed by atoms with Crippen LogP contribution in [0.25, 0.3) is 21.5 Å². The first-order valence-corrected chi connectivity index (χ1v) is 10.5. The number of nitrogens with one attached hydrogen (secondary N) is 1. The van der Waals surface area contributed by atoms with Crippen LogP contribution in [-0.2, 0) is 16.0 Å². The molecule has 0 bridgehead atoms. The summed E-state index contributed by atoms with van der Waals surface area (Å²) in [6, 6.07) is 24.5. The molecule has 0 saturated carbocycles. The Bertz CT molecular complexity index is 1250. The molecule has 5 nitrogen and oxygen atoms in total. The molecule has 1 N–H and O–H groups in total. The van der Waals surface area contributed by atoms with Crippen molar-refractivity contribution in [3.8, 4) is 0 Å². The molecule has 0 fully saturated rings. The van der Waals surface area contributed by atoms with Crippen molar-refractivity contribution in [1.29, 1.82) is 0 Å². The zero-order valence-corrected chi connectivity index (χ0v) is 17.8. The van der Waals surface area contributed by atoms with Gasteiger partial charge in [0.15, 0.2) is 12.4 Å². The van der Waals surface area contributed by atoms with E-state index in [2.05, 4.69) is 5.32 Å². The van der Waals surface area contributed by atoms with E-state index < -0.39 is 5.97 Å². The lowest BCUT2D eigenvalue weighted by molar-refractivity contribution is -0.118. The first kappa shape index (κ1) is 21.2. The van der Waals surface area contributed by atoms with E-state index >= 15 is 0 Å². The first-order valence-electron chi connectivity index (χ1n) is 10.5. The zero-order chi connectivity index (χ0) is 22.5. The predicted molar refractivity (Wildman–Crippen MR) is 125 cm³/mol. The Kier molecular flexibility index (Phi) is 6.26. The second-order valence-corrected chi connectivity index (χ2v) is 7.62. The minimum Gasteiger partial charge on any atom is -0.454 e. The van der Waals surface area contributed by atoms with Crippen LogP contribution in [-0.4, -0.2) is 30.8 Å². The molecule has 0 spiro atoms. The van der Waals surface area contributed by atoms with Crippen LogP contribution >= 0.6 is 0 Å². The highest BCUT2D eigenvalue weighted by Gasteiger charge is 2.18. The summed E-state index contributed by atoms with van der Waals surface area (Å²) in [5, 5.41) is 6.23. The number of hydrogen-bond donors (Lipinski definition) is 1. The normalized spacial score (nSPS) is 10.8. The van der Waals surface area contributed by atoms with Gasteiger partial charge in [-0.2, -0.15) is 0 Å². The maximum atomic E-state index is 13.0. The van der Waals surface area contributed by atoms with Crippen LogP contribution < -0.4 is 5.32 Å². The summed E-state index contributed by atoms with van der Waals surface area (Å²) < 4.78 is 5.45. The van der Waals surface area contributed by atoms with Crippen LogP contribution in [0.4, 0.5) is 0 Å². The van der Waals surface area contributed by atoms with Crippen molar-refractivity contribution in [3.63, 3.8) is 0 Å². The molecular formula is C27H23NO4. The average molecular weight is 425 g/mol. The van der Waals surface area contributed by atoms with Crippen molar-refractivity contribution >= 4 is 39.2 Å². The molecule has 0 radical (unpaired) electrons. The minimum absolute atomic E-state index is 0.0717. The number of ketones is 1. The third-order valence-corrected chi connectivity index (χ3v) is 5.37. The third kappa shape index (κ3) is 4.67. The lowest BCUT2D eigenvalue weighted by Crippen LogP contribution is -2.22. The molecule has 1 amide bonds. The van der Waals surface area contributed by atoms with Crippen molar-refractivity contribution < 1.29 is 19.1 Å².